The molecule has 0 aliphatic carbocycles. The van der Waals surface area contributed by atoms with Crippen molar-refractivity contribution >= 4 is 22.6 Å². The fraction of sp³-hybridized carbons (Fsp3) is 0.192. The number of nitrogen functional groups attached to an aromatic ring is 1. The second-order valence-electron chi connectivity index (χ2n) is 8.40. The van der Waals surface area contributed by atoms with Crippen LogP contribution in [0.2, 0.25) is 0 Å². The number of phenolic OH excluding ortho intramolecular Hbond substituents is 1. The first-order valence-electron chi connectivity index (χ1n) is 10.9. The Kier molecular flexibility index (Phi) is 5.45. The highest BCUT2D eigenvalue weighted by Crippen LogP contribution is 2.47. The van der Waals surface area contributed by atoms with E-state index in [-0.39, 0.29) is 17.2 Å². The number of anilines is 1. The molecular weight excluding hydrogens is 442 g/mol. The van der Waals surface area contributed by atoms with Crippen LogP contribution in [0.5, 0.6) is 5.75 Å². The first kappa shape index (κ1) is 21.9. The number of halogens is 2. The van der Waals surface area contributed by atoms with Crippen LogP contribution in [0.4, 0.5) is 14.5 Å². The summed E-state index contributed by atoms with van der Waals surface area (Å²) < 4.78 is 35.4. The van der Waals surface area contributed by atoms with Crippen molar-refractivity contribution in [3.8, 4) is 22.6 Å². The second kappa shape index (κ2) is 8.46. The number of benzene rings is 3. The van der Waals surface area contributed by atoms with Crippen molar-refractivity contribution in [3.05, 3.63) is 77.5 Å². The number of phenols is 1. The van der Waals surface area contributed by atoms with Crippen molar-refractivity contribution in [2.45, 2.75) is 18.8 Å². The molecule has 0 bridgehead atoms. The maximum atomic E-state index is 14.3. The Morgan fingerprint density at radius 1 is 1.00 bits per heavy atom. The average Bonchev–Trinajstić information content (AvgIpc) is 3.16. The van der Waals surface area contributed by atoms with Crippen LogP contribution in [0.15, 0.2) is 54.6 Å². The van der Waals surface area contributed by atoms with Crippen LogP contribution in [0.3, 0.4) is 0 Å². The fourth-order valence-electron chi connectivity index (χ4n) is 4.77. The highest BCUT2D eigenvalue weighted by Gasteiger charge is 2.29. The zero-order valence-corrected chi connectivity index (χ0v) is 18.1. The molecule has 174 valence electrons. The van der Waals surface area contributed by atoms with Gasteiger partial charge in [0, 0.05) is 53.9 Å². The van der Waals surface area contributed by atoms with Crippen LogP contribution in [0, 0.1) is 11.6 Å². The number of nitrogens with two attached hydrogens (primary N) is 1. The number of aromatic hydroxyl groups is 1. The van der Waals surface area contributed by atoms with Gasteiger partial charge in [0.25, 0.3) is 0 Å². The van der Waals surface area contributed by atoms with Gasteiger partial charge in [0.15, 0.2) is 11.6 Å². The maximum Gasteiger partial charge on any atom is 0.335 e. The van der Waals surface area contributed by atoms with Crippen LogP contribution in [0.25, 0.3) is 27.7 Å². The summed E-state index contributed by atoms with van der Waals surface area (Å²) in [6.45, 7) is 1.07. The molecule has 0 amide bonds. The van der Waals surface area contributed by atoms with Crippen LogP contribution in [-0.4, -0.2) is 34.0 Å². The normalized spacial score (nSPS) is 14.5. The molecule has 0 unspecified atom stereocenters. The Hall–Kier alpha value is -3.91. The van der Waals surface area contributed by atoms with Crippen molar-refractivity contribution in [1.82, 2.24) is 4.57 Å². The number of carbonyl (C=O) groups is 1. The summed E-state index contributed by atoms with van der Waals surface area (Å²) in [6.07, 6.45) is 1.38. The molecule has 4 N–H and O–H groups in total. The molecule has 8 heteroatoms. The number of rotatable bonds is 4. The monoisotopic (exact) mass is 464 g/mol. The lowest BCUT2D eigenvalue weighted by atomic mass is 9.89. The zero-order valence-electron chi connectivity index (χ0n) is 18.1. The predicted octanol–water partition coefficient (Wildman–Crippen LogP) is 5.46. The number of fused-ring (bicyclic) bond motifs is 1. The summed E-state index contributed by atoms with van der Waals surface area (Å²) in [7, 11) is 0. The molecular formula is C26H22F2N2O4. The van der Waals surface area contributed by atoms with E-state index in [1.165, 1.54) is 24.3 Å². The SMILES string of the molecule is Nc1cc(O)c2c(-c3ccc(C(=O)O)cc3)c(C3CCOCC3)n(-c3ccc(F)c(F)c3)c2c1. The van der Waals surface area contributed by atoms with E-state index in [0.717, 1.165) is 17.8 Å². The molecule has 1 saturated heterocycles. The molecule has 1 fully saturated rings. The lowest BCUT2D eigenvalue weighted by molar-refractivity contribution is 0.0697. The first-order valence-corrected chi connectivity index (χ1v) is 10.9. The zero-order chi connectivity index (χ0) is 24.0. The number of carboxylic acid groups (broad SMARTS) is 1. The minimum atomic E-state index is -1.05. The molecule has 4 aromatic rings. The largest absolute Gasteiger partial charge is 0.507 e. The smallest absolute Gasteiger partial charge is 0.335 e. The summed E-state index contributed by atoms with van der Waals surface area (Å²) in [4.78, 5) is 11.4. The number of nitrogens with zero attached hydrogens (tertiary/aromatic N) is 1. The van der Waals surface area contributed by atoms with Gasteiger partial charge in [0.05, 0.1) is 16.5 Å². The summed E-state index contributed by atoms with van der Waals surface area (Å²) in [5.41, 5.74) is 9.64. The van der Waals surface area contributed by atoms with Crippen molar-refractivity contribution in [2.24, 2.45) is 0 Å². The maximum absolute atomic E-state index is 14.3. The van der Waals surface area contributed by atoms with Crippen LogP contribution >= 0.6 is 0 Å². The molecule has 1 aliphatic rings. The van der Waals surface area contributed by atoms with Crippen LogP contribution in [0.1, 0.15) is 34.8 Å². The Balaban J connectivity index is 1.89. The van der Waals surface area contributed by atoms with Crippen molar-refractivity contribution in [1.29, 1.82) is 0 Å². The van der Waals surface area contributed by atoms with Gasteiger partial charge in [-0.1, -0.05) is 12.1 Å². The number of carboxylic acids is 1. The lowest BCUT2D eigenvalue weighted by Gasteiger charge is -2.26. The van der Waals surface area contributed by atoms with E-state index in [9.17, 15) is 23.8 Å². The predicted molar refractivity (Wildman–Crippen MR) is 124 cm³/mol. The van der Waals surface area contributed by atoms with Gasteiger partial charge in [-0.05, 0) is 48.7 Å². The van der Waals surface area contributed by atoms with Crippen molar-refractivity contribution in [3.63, 3.8) is 0 Å². The molecule has 0 saturated carbocycles. The molecule has 0 atom stereocenters. The molecule has 2 heterocycles. The Bertz CT molecular complexity index is 1410. The van der Waals surface area contributed by atoms with Crippen LogP contribution in [-0.2, 0) is 4.74 Å². The Morgan fingerprint density at radius 3 is 2.35 bits per heavy atom. The highest BCUT2D eigenvalue weighted by molar-refractivity contribution is 6.05. The third-order valence-electron chi connectivity index (χ3n) is 6.30. The van der Waals surface area contributed by atoms with E-state index < -0.39 is 17.6 Å². The number of ether oxygens (including phenoxy) is 1. The topological polar surface area (TPSA) is 97.7 Å². The first-order chi connectivity index (χ1) is 16.3. The van der Waals surface area contributed by atoms with E-state index in [0.29, 0.717) is 59.5 Å². The summed E-state index contributed by atoms with van der Waals surface area (Å²) in [6, 6.07) is 13.2. The van der Waals surface area contributed by atoms with Gasteiger partial charge in [-0.25, -0.2) is 13.6 Å². The molecule has 6 nitrogen and oxygen atoms in total. The molecule has 0 spiro atoms. The van der Waals surface area contributed by atoms with Gasteiger partial charge >= 0.3 is 5.97 Å². The minimum absolute atomic E-state index is 0.0101. The quantitative estimate of drug-likeness (QED) is 0.349. The molecule has 3 aromatic carbocycles. The minimum Gasteiger partial charge on any atom is -0.507 e. The molecule has 0 radical (unpaired) electrons. The lowest BCUT2D eigenvalue weighted by Crippen LogP contribution is -2.17. The number of aromatic nitrogens is 1. The molecule has 1 aliphatic heterocycles. The van der Waals surface area contributed by atoms with E-state index in [1.54, 1.807) is 18.2 Å². The summed E-state index contributed by atoms with van der Waals surface area (Å²) in [5, 5.41) is 20.8. The number of hydrogen-bond donors (Lipinski definition) is 3. The van der Waals surface area contributed by atoms with E-state index >= 15 is 0 Å². The van der Waals surface area contributed by atoms with Gasteiger partial charge < -0.3 is 25.3 Å². The van der Waals surface area contributed by atoms with Crippen molar-refractivity contribution in [2.75, 3.05) is 18.9 Å². The summed E-state index contributed by atoms with van der Waals surface area (Å²) >= 11 is 0. The van der Waals surface area contributed by atoms with Gasteiger partial charge in [-0.2, -0.15) is 0 Å². The fourth-order valence-corrected chi connectivity index (χ4v) is 4.77. The molecule has 34 heavy (non-hydrogen) atoms. The third-order valence-corrected chi connectivity index (χ3v) is 6.30. The number of hydrogen-bond acceptors (Lipinski definition) is 4. The van der Waals surface area contributed by atoms with Gasteiger partial charge in [0.2, 0.25) is 0 Å². The van der Waals surface area contributed by atoms with Crippen molar-refractivity contribution < 1.29 is 28.5 Å². The Labute approximate surface area is 193 Å². The van der Waals surface area contributed by atoms with Gasteiger partial charge in [-0.3, -0.25) is 0 Å². The van der Waals surface area contributed by atoms with E-state index in [2.05, 4.69) is 0 Å². The number of aromatic carboxylic acids is 1. The van der Waals surface area contributed by atoms with E-state index in [4.69, 9.17) is 10.5 Å². The standard InChI is InChI=1S/C26H22F2N2O4/c27-19-6-5-18(13-20(19)28)30-21-11-17(29)12-22(31)24(21)23(25(30)15-7-9-34-10-8-15)14-1-3-16(4-2-14)26(32)33/h1-6,11-13,15,31H,7-10,29H2,(H,32,33). The molecule has 5 rings (SSSR count). The van der Waals surface area contributed by atoms with Crippen LogP contribution < -0.4 is 5.73 Å². The highest BCUT2D eigenvalue weighted by atomic mass is 19.2. The average molecular weight is 464 g/mol. The third kappa shape index (κ3) is 3.66. The van der Waals surface area contributed by atoms with Gasteiger partial charge in [0.1, 0.15) is 5.75 Å². The van der Waals surface area contributed by atoms with E-state index in [1.807, 2.05) is 4.57 Å². The second-order valence-corrected chi connectivity index (χ2v) is 8.40. The van der Waals surface area contributed by atoms with Gasteiger partial charge in [-0.15, -0.1) is 0 Å². The Morgan fingerprint density at radius 2 is 1.71 bits per heavy atom. The molecule has 1 aromatic heterocycles. The summed E-state index contributed by atoms with van der Waals surface area (Å²) in [5.74, 6) is -3.06.